The topological polar surface area (TPSA) is 55.6 Å². The summed E-state index contributed by atoms with van der Waals surface area (Å²) in [5.41, 5.74) is 0.632. The number of likely N-dealkylation sites (N-methyl/N-ethyl adjacent to an activating group) is 1. The molecular formula is C16H17F3N2O3. The minimum absolute atomic E-state index is 0.0687. The van der Waals surface area contributed by atoms with E-state index >= 15 is 0 Å². The largest absolute Gasteiger partial charge is 0.468 e. The Hall–Kier alpha value is -2.35. The van der Waals surface area contributed by atoms with Crippen LogP contribution in [0.25, 0.3) is 0 Å². The molecule has 2 aromatic rings. The van der Waals surface area contributed by atoms with Gasteiger partial charge in [0.25, 0.3) is 0 Å². The summed E-state index contributed by atoms with van der Waals surface area (Å²) in [4.78, 5) is 17.7. The van der Waals surface area contributed by atoms with Crippen LogP contribution in [0.4, 0.5) is 13.2 Å². The van der Waals surface area contributed by atoms with Crippen LogP contribution in [0.15, 0.2) is 16.5 Å². The van der Waals surface area contributed by atoms with Crippen molar-refractivity contribution in [2.24, 2.45) is 0 Å². The summed E-state index contributed by atoms with van der Waals surface area (Å²) in [6.45, 7) is 3.61. The normalized spacial score (nSPS) is 12.5. The molecule has 0 spiro atoms. The van der Waals surface area contributed by atoms with Crippen LogP contribution in [0.2, 0.25) is 0 Å². The van der Waals surface area contributed by atoms with Crippen molar-refractivity contribution in [1.29, 1.82) is 0 Å². The number of benzene rings is 1. The number of hydrogen-bond acceptors (Lipinski definition) is 5. The molecular weight excluding hydrogens is 325 g/mol. The van der Waals surface area contributed by atoms with E-state index in [2.05, 4.69) is 4.98 Å². The highest BCUT2D eigenvalue weighted by Crippen LogP contribution is 2.26. The first-order valence-corrected chi connectivity index (χ1v) is 7.10. The van der Waals surface area contributed by atoms with Gasteiger partial charge in [-0.15, -0.1) is 0 Å². The zero-order chi connectivity index (χ0) is 18.0. The lowest BCUT2D eigenvalue weighted by molar-refractivity contribution is -0.147. The Morgan fingerprint density at radius 1 is 1.29 bits per heavy atom. The van der Waals surface area contributed by atoms with Gasteiger partial charge >= 0.3 is 5.97 Å². The van der Waals surface area contributed by atoms with Gasteiger partial charge in [0.15, 0.2) is 17.5 Å². The van der Waals surface area contributed by atoms with E-state index in [0.29, 0.717) is 17.3 Å². The van der Waals surface area contributed by atoms with E-state index in [1.807, 2.05) is 0 Å². The molecule has 8 heteroatoms. The Kier molecular flexibility index (Phi) is 5.28. The fraction of sp³-hybridized carbons (Fsp3) is 0.375. The Balaban J connectivity index is 2.36. The molecule has 0 saturated heterocycles. The van der Waals surface area contributed by atoms with Gasteiger partial charge < -0.3 is 9.15 Å². The van der Waals surface area contributed by atoms with E-state index in [-0.39, 0.29) is 12.1 Å². The third-order valence-electron chi connectivity index (χ3n) is 3.64. The SMILES string of the molecule is COC(=O)[C@@H](c1cc(F)c(F)c(F)c1)N(C)Cc1nc(C)c(C)o1. The second-order valence-corrected chi connectivity index (χ2v) is 5.39. The average molecular weight is 342 g/mol. The Morgan fingerprint density at radius 3 is 2.33 bits per heavy atom. The molecule has 130 valence electrons. The van der Waals surface area contributed by atoms with Crippen LogP contribution in [-0.2, 0) is 16.1 Å². The lowest BCUT2D eigenvalue weighted by Gasteiger charge is -2.25. The molecule has 0 amide bonds. The maximum Gasteiger partial charge on any atom is 0.327 e. The van der Waals surface area contributed by atoms with Gasteiger partial charge in [0.2, 0.25) is 5.89 Å². The summed E-state index contributed by atoms with van der Waals surface area (Å²) in [5, 5.41) is 0. The number of aryl methyl sites for hydroxylation is 2. The molecule has 1 aromatic heterocycles. The number of oxazole rings is 1. The summed E-state index contributed by atoms with van der Waals surface area (Å²) in [5.74, 6) is -4.13. The van der Waals surface area contributed by atoms with Crippen molar-refractivity contribution in [1.82, 2.24) is 9.88 Å². The summed E-state index contributed by atoms with van der Waals surface area (Å²) in [6, 6.07) is 0.387. The molecule has 1 aromatic carbocycles. The minimum atomic E-state index is -1.59. The smallest absolute Gasteiger partial charge is 0.327 e. The lowest BCUT2D eigenvalue weighted by Crippen LogP contribution is -2.32. The van der Waals surface area contributed by atoms with Gasteiger partial charge in [-0.2, -0.15) is 0 Å². The molecule has 0 N–H and O–H groups in total. The number of aromatic nitrogens is 1. The zero-order valence-corrected chi connectivity index (χ0v) is 13.7. The molecule has 1 heterocycles. The average Bonchev–Trinajstić information content (AvgIpc) is 2.82. The van der Waals surface area contributed by atoms with Crippen LogP contribution < -0.4 is 0 Å². The first kappa shape index (κ1) is 18.0. The van der Waals surface area contributed by atoms with Crippen molar-refractivity contribution >= 4 is 5.97 Å². The highest BCUT2D eigenvalue weighted by Gasteiger charge is 2.29. The van der Waals surface area contributed by atoms with Crippen LogP contribution in [0.3, 0.4) is 0 Å². The number of carbonyl (C=O) groups excluding carboxylic acids is 1. The third-order valence-corrected chi connectivity index (χ3v) is 3.64. The van der Waals surface area contributed by atoms with E-state index in [1.54, 1.807) is 13.8 Å². The van der Waals surface area contributed by atoms with Crippen LogP contribution in [-0.4, -0.2) is 30.0 Å². The van der Waals surface area contributed by atoms with Gasteiger partial charge in [0.1, 0.15) is 11.8 Å². The van der Waals surface area contributed by atoms with Crippen LogP contribution in [0.5, 0.6) is 0 Å². The molecule has 0 saturated carbocycles. The molecule has 0 aliphatic heterocycles. The van der Waals surface area contributed by atoms with Crippen molar-refractivity contribution in [2.45, 2.75) is 26.4 Å². The maximum absolute atomic E-state index is 13.5. The molecule has 24 heavy (non-hydrogen) atoms. The van der Waals surface area contributed by atoms with E-state index in [1.165, 1.54) is 11.9 Å². The van der Waals surface area contributed by atoms with E-state index in [4.69, 9.17) is 9.15 Å². The predicted octanol–water partition coefficient (Wildman–Crippen LogP) is 3.05. The second-order valence-electron chi connectivity index (χ2n) is 5.39. The summed E-state index contributed by atoms with van der Waals surface area (Å²) in [6.07, 6.45) is 0. The molecule has 5 nitrogen and oxygen atoms in total. The predicted molar refractivity (Wildman–Crippen MR) is 78.5 cm³/mol. The molecule has 0 bridgehead atoms. The van der Waals surface area contributed by atoms with Crippen LogP contribution >= 0.6 is 0 Å². The molecule has 0 aliphatic carbocycles. The molecule has 0 unspecified atom stereocenters. The summed E-state index contributed by atoms with van der Waals surface area (Å²) >= 11 is 0. The lowest BCUT2D eigenvalue weighted by atomic mass is 10.0. The van der Waals surface area contributed by atoms with Gasteiger partial charge in [-0.3, -0.25) is 4.90 Å². The van der Waals surface area contributed by atoms with Gasteiger partial charge in [-0.25, -0.2) is 22.9 Å². The number of rotatable bonds is 5. The van der Waals surface area contributed by atoms with E-state index in [9.17, 15) is 18.0 Å². The Bertz CT molecular complexity index is 719. The Labute approximate surface area is 137 Å². The first-order valence-electron chi connectivity index (χ1n) is 7.10. The third kappa shape index (κ3) is 3.59. The van der Waals surface area contributed by atoms with Gasteiger partial charge in [-0.1, -0.05) is 0 Å². The second kappa shape index (κ2) is 7.04. The quantitative estimate of drug-likeness (QED) is 0.617. The first-order chi connectivity index (χ1) is 11.2. The van der Waals surface area contributed by atoms with E-state index in [0.717, 1.165) is 19.2 Å². The fourth-order valence-electron chi connectivity index (χ4n) is 2.33. The number of methoxy groups -OCH3 is 1. The molecule has 2 rings (SSSR count). The van der Waals surface area contributed by atoms with Crippen molar-refractivity contribution in [2.75, 3.05) is 14.2 Å². The standard InChI is InChI=1S/C16H17F3N2O3/c1-8-9(2)24-13(20-8)7-21(3)15(16(22)23-4)10-5-11(17)14(19)12(18)6-10/h5-6,15H,7H2,1-4H3/t15-/m1/s1. The van der Waals surface area contributed by atoms with Crippen molar-refractivity contribution in [3.05, 3.63) is 52.5 Å². The number of carbonyl (C=O) groups is 1. The highest BCUT2D eigenvalue weighted by atomic mass is 19.2. The summed E-state index contributed by atoms with van der Waals surface area (Å²) in [7, 11) is 2.69. The van der Waals surface area contributed by atoms with E-state index < -0.39 is 29.5 Å². The fourth-order valence-corrected chi connectivity index (χ4v) is 2.33. The van der Waals surface area contributed by atoms with Crippen molar-refractivity contribution < 1.29 is 27.1 Å². The molecule has 0 fully saturated rings. The number of hydrogen-bond donors (Lipinski definition) is 0. The maximum atomic E-state index is 13.5. The summed E-state index contributed by atoms with van der Waals surface area (Å²) < 4.78 is 50.3. The van der Waals surface area contributed by atoms with Crippen LogP contribution in [0, 0.1) is 31.3 Å². The number of ether oxygens (including phenoxy) is 1. The highest BCUT2D eigenvalue weighted by molar-refractivity contribution is 5.77. The van der Waals surface area contributed by atoms with Crippen LogP contribution in [0.1, 0.15) is 29.0 Å². The molecule has 0 radical (unpaired) electrons. The number of nitrogens with zero attached hydrogens (tertiary/aromatic N) is 2. The van der Waals surface area contributed by atoms with Crippen molar-refractivity contribution in [3.63, 3.8) is 0 Å². The Morgan fingerprint density at radius 2 is 1.88 bits per heavy atom. The molecule has 0 aliphatic rings. The number of esters is 1. The van der Waals surface area contributed by atoms with Gasteiger partial charge in [0.05, 0.1) is 19.3 Å². The molecule has 1 atom stereocenters. The number of halogens is 3. The van der Waals surface area contributed by atoms with Gasteiger partial charge in [0, 0.05) is 0 Å². The zero-order valence-electron chi connectivity index (χ0n) is 13.7. The minimum Gasteiger partial charge on any atom is -0.468 e. The van der Waals surface area contributed by atoms with Crippen molar-refractivity contribution in [3.8, 4) is 0 Å². The monoisotopic (exact) mass is 342 g/mol. The van der Waals surface area contributed by atoms with Gasteiger partial charge in [-0.05, 0) is 38.6 Å².